The highest BCUT2D eigenvalue weighted by atomic mass is 32.1. The number of carbonyl (C=O) groups is 1. The van der Waals surface area contributed by atoms with E-state index in [1.807, 2.05) is 6.07 Å². The molecule has 158 valence electrons. The van der Waals surface area contributed by atoms with Gasteiger partial charge in [0.05, 0.1) is 17.8 Å². The third-order valence-corrected chi connectivity index (χ3v) is 7.07. The van der Waals surface area contributed by atoms with Crippen molar-refractivity contribution in [3.05, 3.63) is 12.1 Å². The molecule has 3 aliphatic rings. The molecule has 3 aliphatic heterocycles. The van der Waals surface area contributed by atoms with E-state index in [9.17, 15) is 4.79 Å². The van der Waals surface area contributed by atoms with Gasteiger partial charge in [0.25, 0.3) is 0 Å². The van der Waals surface area contributed by atoms with Gasteiger partial charge in [-0.25, -0.2) is 9.78 Å². The van der Waals surface area contributed by atoms with Crippen LogP contribution in [-0.4, -0.2) is 67.8 Å². The van der Waals surface area contributed by atoms with Gasteiger partial charge in [-0.2, -0.15) is 0 Å². The van der Waals surface area contributed by atoms with Crippen molar-refractivity contribution in [3.63, 3.8) is 0 Å². The second-order valence-corrected chi connectivity index (χ2v) is 8.97. The molecule has 0 unspecified atom stereocenters. The largest absolute Gasteiger partial charge is 0.489 e. The lowest BCUT2D eigenvalue weighted by Gasteiger charge is -2.34. The molecule has 1 aromatic heterocycles. The van der Waals surface area contributed by atoms with E-state index in [1.54, 1.807) is 23.2 Å². The molecule has 1 atom stereocenters. The van der Waals surface area contributed by atoms with Gasteiger partial charge in [0, 0.05) is 13.1 Å². The molecule has 0 bridgehead atoms. The molecule has 2 fully saturated rings. The van der Waals surface area contributed by atoms with Gasteiger partial charge < -0.3 is 19.9 Å². The summed E-state index contributed by atoms with van der Waals surface area (Å²) in [5.41, 5.74) is 1.99. The number of fused-ring (bicyclic) bond motifs is 3. The summed E-state index contributed by atoms with van der Waals surface area (Å²) in [5, 5.41) is 3.58. The molecule has 1 aromatic carbocycles. The van der Waals surface area contributed by atoms with Crippen molar-refractivity contribution in [1.29, 1.82) is 0 Å². The van der Waals surface area contributed by atoms with E-state index < -0.39 is 0 Å². The Hall–Kier alpha value is -2.50. The minimum atomic E-state index is -0.176. The highest BCUT2D eigenvalue weighted by Gasteiger charge is 2.34. The number of hydrogen-bond donors (Lipinski definition) is 1. The van der Waals surface area contributed by atoms with Crippen molar-refractivity contribution in [2.75, 3.05) is 55.7 Å². The van der Waals surface area contributed by atoms with Crippen LogP contribution in [0.5, 0.6) is 5.75 Å². The summed E-state index contributed by atoms with van der Waals surface area (Å²) in [5.74, 6) is 6.93. The third-order valence-electron chi connectivity index (χ3n) is 6.05. The molecule has 30 heavy (non-hydrogen) atoms. The Morgan fingerprint density at radius 3 is 2.93 bits per heavy atom. The number of ether oxygens (including phenoxy) is 1. The molecule has 0 saturated carbocycles. The molecule has 0 radical (unpaired) electrons. The predicted molar refractivity (Wildman–Crippen MR) is 121 cm³/mol. The van der Waals surface area contributed by atoms with E-state index in [0.29, 0.717) is 18.3 Å². The zero-order chi connectivity index (χ0) is 20.5. The fourth-order valence-electron chi connectivity index (χ4n) is 4.53. The quantitative estimate of drug-likeness (QED) is 0.764. The van der Waals surface area contributed by atoms with Gasteiger partial charge in [-0.3, -0.25) is 4.90 Å². The Morgan fingerprint density at radius 1 is 1.23 bits per heavy atom. The minimum absolute atomic E-state index is 0.131. The molecular weight excluding hydrogens is 398 g/mol. The number of nitrogens with zero attached hydrogens (tertiary/aromatic N) is 4. The van der Waals surface area contributed by atoms with Crippen molar-refractivity contribution < 1.29 is 9.53 Å². The van der Waals surface area contributed by atoms with Crippen LogP contribution >= 0.6 is 11.3 Å². The summed E-state index contributed by atoms with van der Waals surface area (Å²) in [4.78, 5) is 24.0. The highest BCUT2D eigenvalue weighted by molar-refractivity contribution is 7.22. The second-order valence-electron chi connectivity index (χ2n) is 7.96. The van der Waals surface area contributed by atoms with E-state index in [-0.39, 0.29) is 12.1 Å². The zero-order valence-electron chi connectivity index (χ0n) is 17.3. The average molecular weight is 426 g/mol. The van der Waals surface area contributed by atoms with Crippen LogP contribution in [0.1, 0.15) is 26.2 Å². The van der Waals surface area contributed by atoms with Crippen LogP contribution in [0.15, 0.2) is 12.1 Å². The van der Waals surface area contributed by atoms with Crippen LogP contribution in [0.4, 0.5) is 15.6 Å². The van der Waals surface area contributed by atoms with Crippen molar-refractivity contribution >= 4 is 38.4 Å². The van der Waals surface area contributed by atoms with Gasteiger partial charge in [-0.15, -0.1) is 5.92 Å². The Balaban J connectivity index is 1.46. The van der Waals surface area contributed by atoms with Crippen LogP contribution in [0, 0.1) is 11.8 Å². The number of aromatic nitrogens is 1. The molecule has 5 rings (SSSR count). The highest BCUT2D eigenvalue weighted by Crippen LogP contribution is 2.42. The van der Waals surface area contributed by atoms with Crippen molar-refractivity contribution in [2.24, 2.45) is 0 Å². The molecule has 7 nitrogen and oxygen atoms in total. The first-order chi connectivity index (χ1) is 14.7. The molecule has 2 aromatic rings. The molecule has 0 aliphatic carbocycles. The molecule has 1 N–H and O–H groups in total. The lowest BCUT2D eigenvalue weighted by Crippen LogP contribution is -2.41. The number of likely N-dealkylation sites (tertiary alicyclic amines) is 1. The van der Waals surface area contributed by atoms with E-state index in [0.717, 1.165) is 41.3 Å². The van der Waals surface area contributed by atoms with Gasteiger partial charge in [-0.1, -0.05) is 23.7 Å². The predicted octanol–water partition coefficient (Wildman–Crippen LogP) is 2.90. The second kappa shape index (κ2) is 8.32. The Morgan fingerprint density at radius 2 is 2.10 bits per heavy atom. The molecular formula is C22H27N5O2S. The lowest BCUT2D eigenvalue weighted by molar-refractivity contribution is 0.229. The zero-order valence-corrected chi connectivity index (χ0v) is 18.1. The van der Waals surface area contributed by atoms with Gasteiger partial charge in [-0.05, 0) is 45.0 Å². The van der Waals surface area contributed by atoms with E-state index in [1.165, 1.54) is 32.4 Å². The third kappa shape index (κ3) is 3.57. The molecule has 8 heteroatoms. The maximum absolute atomic E-state index is 12.4. The Kier molecular flexibility index (Phi) is 5.40. The van der Waals surface area contributed by atoms with Gasteiger partial charge in [0.1, 0.15) is 29.6 Å². The van der Waals surface area contributed by atoms with E-state index in [2.05, 4.69) is 33.0 Å². The van der Waals surface area contributed by atoms with Crippen LogP contribution in [0.2, 0.25) is 0 Å². The summed E-state index contributed by atoms with van der Waals surface area (Å²) in [6.07, 6.45) is 3.96. The summed E-state index contributed by atoms with van der Waals surface area (Å²) in [6.45, 7) is 8.31. The fourth-order valence-corrected chi connectivity index (χ4v) is 5.54. The summed E-state index contributed by atoms with van der Waals surface area (Å²) >= 11 is 1.54. The van der Waals surface area contributed by atoms with E-state index in [4.69, 9.17) is 9.72 Å². The number of urea groups is 1. The van der Waals surface area contributed by atoms with Crippen LogP contribution < -0.4 is 19.9 Å². The summed E-state index contributed by atoms with van der Waals surface area (Å²) < 4.78 is 7.03. The summed E-state index contributed by atoms with van der Waals surface area (Å²) in [7, 11) is 0. The number of hydrogen-bond acceptors (Lipinski definition) is 6. The number of piperidine rings is 1. The van der Waals surface area contributed by atoms with Crippen LogP contribution in [-0.2, 0) is 0 Å². The number of anilines is 2. The fraction of sp³-hybridized carbons (Fsp3) is 0.545. The SMILES string of the molecule is CC#C[C@@H]1CNC(=O)N1c1nc2c3c(ccc2s1)OCCN3CCN1CCCCC1. The molecule has 0 spiro atoms. The van der Waals surface area contributed by atoms with Crippen molar-refractivity contribution in [1.82, 2.24) is 15.2 Å². The minimum Gasteiger partial charge on any atom is -0.489 e. The van der Waals surface area contributed by atoms with Crippen LogP contribution in [0.3, 0.4) is 0 Å². The monoisotopic (exact) mass is 425 g/mol. The normalized spacial score (nSPS) is 21.8. The smallest absolute Gasteiger partial charge is 0.324 e. The number of amides is 2. The Bertz CT molecular complexity index is 1000. The Labute approximate surface area is 181 Å². The first-order valence-corrected chi connectivity index (χ1v) is 11.6. The van der Waals surface area contributed by atoms with Gasteiger partial charge >= 0.3 is 6.03 Å². The van der Waals surface area contributed by atoms with Gasteiger partial charge in [0.15, 0.2) is 5.13 Å². The molecule has 2 amide bonds. The number of benzene rings is 1. The summed E-state index contributed by atoms with van der Waals surface area (Å²) in [6, 6.07) is 3.79. The van der Waals surface area contributed by atoms with E-state index >= 15 is 0 Å². The number of rotatable bonds is 4. The number of thiazole rings is 1. The van der Waals surface area contributed by atoms with Crippen molar-refractivity contribution in [2.45, 2.75) is 32.2 Å². The lowest BCUT2D eigenvalue weighted by atomic mass is 10.1. The van der Waals surface area contributed by atoms with Gasteiger partial charge in [0.2, 0.25) is 0 Å². The standard InChI is InChI=1S/C22H27N5O2S/c1-2-6-16-15-23-21(28)27(16)22-24-19-18(30-22)8-7-17-20(19)26(13-14-29-17)12-11-25-9-4-3-5-10-25/h7-8,16H,3-5,9-15H2,1H3,(H,23,28)/t16-/m1/s1. The topological polar surface area (TPSA) is 60.9 Å². The van der Waals surface area contributed by atoms with Crippen molar-refractivity contribution in [3.8, 4) is 17.6 Å². The first-order valence-electron chi connectivity index (χ1n) is 10.8. The first kappa shape index (κ1) is 19.5. The average Bonchev–Trinajstić information content (AvgIpc) is 3.36. The molecule has 4 heterocycles. The maximum Gasteiger partial charge on any atom is 0.324 e. The van der Waals surface area contributed by atoms with Crippen LogP contribution in [0.25, 0.3) is 10.2 Å². The number of carbonyl (C=O) groups excluding carboxylic acids is 1. The molecule has 2 saturated heterocycles. The number of nitrogens with one attached hydrogen (secondary N) is 1. The maximum atomic E-state index is 12.4.